The lowest BCUT2D eigenvalue weighted by Gasteiger charge is -2.16. The van der Waals surface area contributed by atoms with E-state index in [1.165, 1.54) is 0 Å². The zero-order valence-corrected chi connectivity index (χ0v) is 10.2. The van der Waals surface area contributed by atoms with Crippen molar-refractivity contribution in [3.63, 3.8) is 0 Å². The van der Waals surface area contributed by atoms with Crippen molar-refractivity contribution in [1.82, 2.24) is 14.8 Å². The summed E-state index contributed by atoms with van der Waals surface area (Å²) < 4.78 is 7.07. The summed E-state index contributed by atoms with van der Waals surface area (Å²) in [6.07, 6.45) is 1.03. The van der Waals surface area contributed by atoms with Gasteiger partial charge < -0.3 is 9.84 Å². The SMILES string of the molecule is COc1cccc(-c2nc3n(n2)CCC(O)C3)c1. The Kier molecular flexibility index (Phi) is 2.76. The minimum absolute atomic E-state index is 0.292. The van der Waals surface area contributed by atoms with Crippen LogP contribution in [-0.2, 0) is 13.0 Å². The molecular weight excluding hydrogens is 230 g/mol. The fraction of sp³-hybridized carbons (Fsp3) is 0.385. The zero-order valence-electron chi connectivity index (χ0n) is 10.2. The maximum Gasteiger partial charge on any atom is 0.181 e. The molecule has 0 saturated carbocycles. The highest BCUT2D eigenvalue weighted by atomic mass is 16.5. The predicted molar refractivity (Wildman–Crippen MR) is 66.3 cm³/mol. The Labute approximate surface area is 105 Å². The third-order valence-corrected chi connectivity index (χ3v) is 3.17. The second kappa shape index (κ2) is 4.42. The molecule has 0 aliphatic carbocycles. The van der Waals surface area contributed by atoms with Crippen LogP contribution in [0.15, 0.2) is 24.3 Å². The summed E-state index contributed by atoms with van der Waals surface area (Å²) in [6.45, 7) is 0.730. The summed E-state index contributed by atoms with van der Waals surface area (Å²) in [5.41, 5.74) is 0.936. The molecule has 94 valence electrons. The molecule has 2 heterocycles. The van der Waals surface area contributed by atoms with Crippen LogP contribution in [0.25, 0.3) is 11.4 Å². The molecule has 0 saturated heterocycles. The molecule has 0 radical (unpaired) electrons. The van der Waals surface area contributed by atoms with Crippen LogP contribution >= 0.6 is 0 Å². The highest BCUT2D eigenvalue weighted by molar-refractivity contribution is 5.57. The van der Waals surface area contributed by atoms with Gasteiger partial charge in [0, 0.05) is 18.5 Å². The van der Waals surface area contributed by atoms with Gasteiger partial charge in [0.15, 0.2) is 5.82 Å². The van der Waals surface area contributed by atoms with Crippen molar-refractivity contribution in [2.24, 2.45) is 0 Å². The minimum Gasteiger partial charge on any atom is -0.497 e. The quantitative estimate of drug-likeness (QED) is 0.865. The molecule has 1 unspecified atom stereocenters. The van der Waals surface area contributed by atoms with Gasteiger partial charge in [-0.2, -0.15) is 5.10 Å². The van der Waals surface area contributed by atoms with Crippen molar-refractivity contribution < 1.29 is 9.84 Å². The van der Waals surface area contributed by atoms with Crippen molar-refractivity contribution in [1.29, 1.82) is 0 Å². The number of aliphatic hydroxyl groups excluding tert-OH is 1. The fourth-order valence-electron chi connectivity index (χ4n) is 2.17. The number of aromatic nitrogens is 3. The number of aryl methyl sites for hydroxylation is 1. The Morgan fingerprint density at radius 1 is 1.44 bits per heavy atom. The molecule has 3 rings (SSSR count). The van der Waals surface area contributed by atoms with Crippen LogP contribution in [0, 0.1) is 0 Å². The first kappa shape index (κ1) is 11.2. The van der Waals surface area contributed by atoms with E-state index in [-0.39, 0.29) is 6.10 Å². The maximum absolute atomic E-state index is 9.62. The van der Waals surface area contributed by atoms with Gasteiger partial charge >= 0.3 is 0 Å². The number of ether oxygens (including phenoxy) is 1. The summed E-state index contributed by atoms with van der Waals surface area (Å²) in [5.74, 6) is 2.34. The van der Waals surface area contributed by atoms with Crippen LogP contribution in [-0.4, -0.2) is 33.1 Å². The Bertz CT molecular complexity index is 565. The standard InChI is InChI=1S/C13H15N3O2/c1-18-11-4-2-3-9(7-11)13-14-12-8-10(17)5-6-16(12)15-13/h2-4,7,10,17H,5-6,8H2,1H3. The Hall–Kier alpha value is -1.88. The van der Waals surface area contributed by atoms with E-state index in [0.29, 0.717) is 12.2 Å². The van der Waals surface area contributed by atoms with Gasteiger partial charge in [-0.1, -0.05) is 12.1 Å². The summed E-state index contributed by atoms with van der Waals surface area (Å²) in [6, 6.07) is 7.68. The smallest absolute Gasteiger partial charge is 0.181 e. The topological polar surface area (TPSA) is 60.2 Å². The summed E-state index contributed by atoms with van der Waals surface area (Å²) in [7, 11) is 1.64. The molecule has 0 amide bonds. The first-order chi connectivity index (χ1) is 8.76. The van der Waals surface area contributed by atoms with Crippen molar-refractivity contribution in [2.45, 2.75) is 25.5 Å². The van der Waals surface area contributed by atoms with Crippen molar-refractivity contribution in [3.8, 4) is 17.1 Å². The molecule has 1 aromatic heterocycles. The van der Waals surface area contributed by atoms with Gasteiger partial charge in [0.2, 0.25) is 0 Å². The molecule has 0 fully saturated rings. The largest absolute Gasteiger partial charge is 0.497 e. The third-order valence-electron chi connectivity index (χ3n) is 3.17. The molecule has 5 heteroatoms. The van der Waals surface area contributed by atoms with Crippen LogP contribution < -0.4 is 4.74 Å². The lowest BCUT2D eigenvalue weighted by molar-refractivity contribution is 0.138. The molecule has 1 atom stereocenters. The number of hydrogen-bond acceptors (Lipinski definition) is 4. The number of aliphatic hydroxyl groups is 1. The number of methoxy groups -OCH3 is 1. The van der Waals surface area contributed by atoms with Crippen molar-refractivity contribution >= 4 is 0 Å². The van der Waals surface area contributed by atoms with E-state index in [4.69, 9.17) is 4.74 Å². The highest BCUT2D eigenvalue weighted by Crippen LogP contribution is 2.23. The Morgan fingerprint density at radius 3 is 3.17 bits per heavy atom. The minimum atomic E-state index is -0.292. The zero-order chi connectivity index (χ0) is 12.5. The first-order valence-corrected chi connectivity index (χ1v) is 6.02. The van der Waals surface area contributed by atoms with E-state index in [2.05, 4.69) is 10.1 Å². The lowest BCUT2D eigenvalue weighted by Crippen LogP contribution is -2.23. The molecule has 0 bridgehead atoms. The summed E-state index contributed by atoms with van der Waals surface area (Å²) >= 11 is 0. The Balaban J connectivity index is 1.97. The number of hydrogen-bond donors (Lipinski definition) is 1. The molecule has 1 aliphatic heterocycles. The molecule has 2 aromatic rings. The lowest BCUT2D eigenvalue weighted by atomic mass is 10.1. The number of benzene rings is 1. The summed E-state index contributed by atoms with van der Waals surface area (Å²) in [4.78, 5) is 4.48. The van der Waals surface area contributed by atoms with Gasteiger partial charge in [-0.25, -0.2) is 9.67 Å². The van der Waals surface area contributed by atoms with Crippen LogP contribution in [0.3, 0.4) is 0 Å². The molecule has 1 N–H and O–H groups in total. The molecule has 1 aliphatic rings. The second-order valence-corrected chi connectivity index (χ2v) is 4.45. The number of nitrogens with zero attached hydrogens (tertiary/aromatic N) is 3. The number of fused-ring (bicyclic) bond motifs is 1. The van der Waals surface area contributed by atoms with E-state index in [0.717, 1.165) is 30.1 Å². The van der Waals surface area contributed by atoms with Gasteiger partial charge in [-0.05, 0) is 18.6 Å². The molecule has 1 aromatic carbocycles. The van der Waals surface area contributed by atoms with Crippen LogP contribution in [0.5, 0.6) is 5.75 Å². The predicted octanol–water partition coefficient (Wildman–Crippen LogP) is 1.26. The van der Waals surface area contributed by atoms with Crippen LogP contribution in [0.2, 0.25) is 0 Å². The second-order valence-electron chi connectivity index (χ2n) is 4.45. The Morgan fingerprint density at radius 2 is 2.33 bits per heavy atom. The maximum atomic E-state index is 9.62. The van der Waals surface area contributed by atoms with Crippen molar-refractivity contribution in [3.05, 3.63) is 30.1 Å². The van der Waals surface area contributed by atoms with Crippen LogP contribution in [0.4, 0.5) is 0 Å². The molecule has 0 spiro atoms. The monoisotopic (exact) mass is 245 g/mol. The van der Waals surface area contributed by atoms with E-state index in [1.807, 2.05) is 28.9 Å². The highest BCUT2D eigenvalue weighted by Gasteiger charge is 2.20. The molecular formula is C13H15N3O2. The average Bonchev–Trinajstić information content (AvgIpc) is 2.81. The van der Waals surface area contributed by atoms with Gasteiger partial charge in [-0.15, -0.1) is 0 Å². The third kappa shape index (κ3) is 1.97. The first-order valence-electron chi connectivity index (χ1n) is 6.02. The summed E-state index contributed by atoms with van der Waals surface area (Å²) in [5, 5.41) is 14.1. The number of rotatable bonds is 2. The fourth-order valence-corrected chi connectivity index (χ4v) is 2.17. The van der Waals surface area contributed by atoms with Gasteiger partial charge in [0.1, 0.15) is 11.6 Å². The van der Waals surface area contributed by atoms with Gasteiger partial charge in [-0.3, -0.25) is 0 Å². The van der Waals surface area contributed by atoms with Gasteiger partial charge in [0.05, 0.1) is 13.2 Å². The average molecular weight is 245 g/mol. The van der Waals surface area contributed by atoms with E-state index < -0.39 is 0 Å². The van der Waals surface area contributed by atoms with Crippen LogP contribution in [0.1, 0.15) is 12.2 Å². The van der Waals surface area contributed by atoms with E-state index in [1.54, 1.807) is 7.11 Å². The molecule has 18 heavy (non-hydrogen) atoms. The van der Waals surface area contributed by atoms with Gasteiger partial charge in [0.25, 0.3) is 0 Å². The van der Waals surface area contributed by atoms with Crippen molar-refractivity contribution in [2.75, 3.05) is 7.11 Å². The molecule has 5 nitrogen and oxygen atoms in total. The normalized spacial score (nSPS) is 18.4. The van der Waals surface area contributed by atoms with E-state index in [9.17, 15) is 5.11 Å². The van der Waals surface area contributed by atoms with E-state index >= 15 is 0 Å².